The Morgan fingerprint density at radius 1 is 1.09 bits per heavy atom. The molecule has 4 aromatic rings. The molecule has 0 unspecified atom stereocenters. The first-order chi connectivity index (χ1) is 21.7. The molecule has 2 atom stereocenters. The molecule has 0 aliphatic carbocycles. The molecule has 2 aliphatic heterocycles. The van der Waals surface area contributed by atoms with Crippen molar-refractivity contribution in [2.24, 2.45) is 5.92 Å². The molecule has 45 heavy (non-hydrogen) atoms. The fraction of sp³-hybridized carbons (Fsp3) is 0.343. The van der Waals surface area contributed by atoms with E-state index in [2.05, 4.69) is 13.8 Å². The van der Waals surface area contributed by atoms with Crippen molar-refractivity contribution >= 4 is 44.1 Å². The average Bonchev–Trinajstić information content (AvgIpc) is 3.69. The minimum Gasteiger partial charge on any atom is -0.507 e. The Morgan fingerprint density at radius 3 is 2.67 bits per heavy atom. The molecule has 3 aromatic carbocycles. The van der Waals surface area contributed by atoms with Crippen molar-refractivity contribution in [2.45, 2.75) is 52.7 Å². The van der Waals surface area contributed by atoms with Crippen LogP contribution >= 0.6 is 11.3 Å². The highest BCUT2D eigenvalue weighted by Gasteiger charge is 2.48. The first kappa shape index (κ1) is 30.5. The maximum Gasteiger partial charge on any atom is 0.301 e. The number of amides is 1. The molecule has 10 heteroatoms. The van der Waals surface area contributed by atoms with E-state index in [-0.39, 0.29) is 17.4 Å². The number of benzene rings is 3. The second kappa shape index (κ2) is 12.4. The third-order valence-corrected chi connectivity index (χ3v) is 8.96. The topological polar surface area (TPSA) is 107 Å². The van der Waals surface area contributed by atoms with Crippen LogP contribution < -0.4 is 23.8 Å². The molecule has 0 bridgehead atoms. The maximum absolute atomic E-state index is 13.8. The molecule has 2 aliphatic rings. The van der Waals surface area contributed by atoms with Crippen molar-refractivity contribution in [1.29, 1.82) is 0 Å². The smallest absolute Gasteiger partial charge is 0.301 e. The van der Waals surface area contributed by atoms with Gasteiger partial charge in [-0.1, -0.05) is 31.3 Å². The van der Waals surface area contributed by atoms with Gasteiger partial charge in [0.25, 0.3) is 5.78 Å². The number of hydrogen-bond acceptors (Lipinski definition) is 9. The number of Topliss-reactive ketones (excluding diaryl/α,β-unsaturated/α-hetero) is 1. The van der Waals surface area contributed by atoms with E-state index >= 15 is 0 Å². The van der Waals surface area contributed by atoms with Crippen LogP contribution in [0.3, 0.4) is 0 Å². The number of ether oxygens (including phenoxy) is 4. The zero-order valence-corrected chi connectivity index (χ0v) is 26.8. The van der Waals surface area contributed by atoms with Crippen molar-refractivity contribution in [3.8, 4) is 23.0 Å². The van der Waals surface area contributed by atoms with E-state index in [1.165, 1.54) is 16.2 Å². The van der Waals surface area contributed by atoms with Gasteiger partial charge in [0, 0.05) is 12.0 Å². The van der Waals surface area contributed by atoms with Gasteiger partial charge >= 0.3 is 5.91 Å². The van der Waals surface area contributed by atoms with Crippen molar-refractivity contribution in [2.75, 3.05) is 25.2 Å². The lowest BCUT2D eigenvalue weighted by atomic mass is 9.94. The number of rotatable bonds is 10. The van der Waals surface area contributed by atoms with Crippen molar-refractivity contribution in [3.05, 3.63) is 76.9 Å². The maximum atomic E-state index is 13.8. The number of fused-ring (bicyclic) bond motifs is 2. The van der Waals surface area contributed by atoms with Crippen LogP contribution in [0.5, 0.6) is 23.0 Å². The third kappa shape index (κ3) is 5.82. The number of ketones is 1. The van der Waals surface area contributed by atoms with Gasteiger partial charge in [-0.3, -0.25) is 14.5 Å². The molecule has 1 aromatic heterocycles. The molecule has 1 fully saturated rings. The van der Waals surface area contributed by atoms with Gasteiger partial charge in [0.15, 0.2) is 16.6 Å². The lowest BCUT2D eigenvalue weighted by Gasteiger charge is -2.24. The predicted octanol–water partition coefficient (Wildman–Crippen LogP) is 7.08. The molecule has 0 radical (unpaired) electrons. The normalized spacial score (nSPS) is 18.8. The van der Waals surface area contributed by atoms with Crippen molar-refractivity contribution in [1.82, 2.24) is 4.98 Å². The molecular formula is C35H36N2O7S. The van der Waals surface area contributed by atoms with Gasteiger partial charge < -0.3 is 24.1 Å². The van der Waals surface area contributed by atoms with Gasteiger partial charge in [-0.15, -0.1) is 0 Å². The molecule has 1 N–H and O–H groups in total. The lowest BCUT2D eigenvalue weighted by Crippen LogP contribution is -2.29. The van der Waals surface area contributed by atoms with Crippen LogP contribution in [0.4, 0.5) is 5.13 Å². The highest BCUT2D eigenvalue weighted by Crippen LogP contribution is 2.46. The van der Waals surface area contributed by atoms with E-state index in [1.54, 1.807) is 43.5 Å². The summed E-state index contributed by atoms with van der Waals surface area (Å²) in [6.45, 7) is 9.03. The van der Waals surface area contributed by atoms with Gasteiger partial charge in [-0.2, -0.15) is 0 Å². The number of thiazole rings is 1. The summed E-state index contributed by atoms with van der Waals surface area (Å²) in [7, 11) is 1.58. The number of carbonyl (C=O) groups is 2. The second-order valence-corrected chi connectivity index (χ2v) is 12.6. The summed E-state index contributed by atoms with van der Waals surface area (Å²) in [5.74, 6) is 1.09. The molecule has 1 saturated heterocycles. The number of anilines is 1. The Hall–Kier alpha value is -4.57. The minimum atomic E-state index is -0.972. The Morgan fingerprint density at radius 2 is 1.91 bits per heavy atom. The zero-order chi connectivity index (χ0) is 31.8. The second-order valence-electron chi connectivity index (χ2n) is 11.6. The van der Waals surface area contributed by atoms with E-state index < -0.39 is 17.7 Å². The van der Waals surface area contributed by atoms with E-state index in [1.807, 2.05) is 32.0 Å². The highest BCUT2D eigenvalue weighted by molar-refractivity contribution is 7.22. The molecule has 0 saturated carbocycles. The Labute approximate surface area is 266 Å². The first-order valence-electron chi connectivity index (χ1n) is 15.1. The molecule has 3 heterocycles. The average molecular weight is 629 g/mol. The van der Waals surface area contributed by atoms with E-state index in [0.717, 1.165) is 22.4 Å². The number of aliphatic hydroxyl groups excluding tert-OH is 1. The number of nitrogens with zero attached hydrogens (tertiary/aromatic N) is 2. The Bertz CT molecular complexity index is 1810. The van der Waals surface area contributed by atoms with Gasteiger partial charge in [-0.05, 0) is 85.8 Å². The van der Waals surface area contributed by atoms with Gasteiger partial charge in [-0.25, -0.2) is 4.98 Å². The summed E-state index contributed by atoms with van der Waals surface area (Å²) < 4.78 is 24.0. The largest absolute Gasteiger partial charge is 0.507 e. The SMILES string of the molecule is CCOc1cc([C@H]2/C(=C(\O)c3ccc4c(c3)C[C@@H](C)O4)C(=O)C(=O)N2c2nc3ccc(OC)cc3s2)ccc1OCCC(C)C. The van der Waals surface area contributed by atoms with Gasteiger partial charge in [0.05, 0.1) is 42.2 Å². The number of methoxy groups -OCH3 is 1. The molecule has 9 nitrogen and oxygen atoms in total. The quantitative estimate of drug-likeness (QED) is 0.113. The fourth-order valence-electron chi connectivity index (χ4n) is 5.68. The van der Waals surface area contributed by atoms with E-state index in [4.69, 9.17) is 23.9 Å². The van der Waals surface area contributed by atoms with Crippen LogP contribution in [0.2, 0.25) is 0 Å². The van der Waals surface area contributed by atoms with Gasteiger partial charge in [0.2, 0.25) is 0 Å². The summed E-state index contributed by atoms with van der Waals surface area (Å²) in [4.78, 5) is 33.8. The Kier molecular flexibility index (Phi) is 8.42. The van der Waals surface area contributed by atoms with Crippen LogP contribution in [0, 0.1) is 5.92 Å². The summed E-state index contributed by atoms with van der Waals surface area (Å²) in [6.07, 6.45) is 1.57. The number of hydrogen-bond donors (Lipinski definition) is 1. The summed E-state index contributed by atoms with van der Waals surface area (Å²) >= 11 is 1.27. The monoisotopic (exact) mass is 628 g/mol. The van der Waals surface area contributed by atoms with E-state index in [9.17, 15) is 14.7 Å². The van der Waals surface area contributed by atoms with Crippen LogP contribution in [-0.4, -0.2) is 48.2 Å². The van der Waals surface area contributed by atoms with Crippen LogP contribution in [0.25, 0.3) is 16.0 Å². The summed E-state index contributed by atoms with van der Waals surface area (Å²) in [5.41, 5.74) is 2.57. The fourth-order valence-corrected chi connectivity index (χ4v) is 6.70. The van der Waals surface area contributed by atoms with Crippen molar-refractivity contribution in [3.63, 3.8) is 0 Å². The summed E-state index contributed by atoms with van der Waals surface area (Å²) in [6, 6.07) is 15.2. The zero-order valence-electron chi connectivity index (χ0n) is 26.0. The highest BCUT2D eigenvalue weighted by atomic mass is 32.1. The third-order valence-electron chi connectivity index (χ3n) is 7.94. The number of aromatic nitrogens is 1. The van der Waals surface area contributed by atoms with Gasteiger partial charge in [0.1, 0.15) is 23.4 Å². The predicted molar refractivity (Wildman–Crippen MR) is 174 cm³/mol. The molecule has 1 amide bonds. The first-order valence-corrected chi connectivity index (χ1v) is 15.9. The lowest BCUT2D eigenvalue weighted by molar-refractivity contribution is -0.132. The van der Waals surface area contributed by atoms with E-state index in [0.29, 0.717) is 64.6 Å². The molecule has 6 rings (SSSR count). The molecule has 234 valence electrons. The number of aliphatic hydroxyl groups is 1. The van der Waals surface area contributed by atoms with Crippen LogP contribution in [-0.2, 0) is 16.0 Å². The molecule has 0 spiro atoms. The summed E-state index contributed by atoms with van der Waals surface area (Å²) in [5, 5.41) is 12.1. The number of carbonyl (C=O) groups excluding carboxylic acids is 2. The van der Waals surface area contributed by atoms with Crippen LogP contribution in [0.15, 0.2) is 60.2 Å². The Balaban J connectivity index is 1.50. The standard InChI is InChI=1S/C35H36N2O7S/c1-6-42-28-17-21(7-12-27(28)43-14-13-19(2)3)31-30(32(38)22-8-11-26-23(16-22)15-20(4)44-26)33(39)34(40)37(31)35-36-25-10-9-24(41-5)18-29(25)45-35/h7-12,16-20,31,38H,6,13-15H2,1-5H3/b32-30+/t20-,31+/m1/s1. The van der Waals surface area contributed by atoms with Crippen LogP contribution in [0.1, 0.15) is 56.8 Å². The minimum absolute atomic E-state index is 0.0129. The van der Waals surface area contributed by atoms with Crippen molar-refractivity contribution < 1.29 is 33.6 Å². The molecular weight excluding hydrogens is 592 g/mol.